The molecule has 0 aliphatic carbocycles. The molecule has 1 fully saturated rings. The fourth-order valence-electron chi connectivity index (χ4n) is 4.51. The van der Waals surface area contributed by atoms with Crippen molar-refractivity contribution < 1.29 is 4.79 Å². The molecule has 0 N–H and O–H groups in total. The highest BCUT2D eigenvalue weighted by molar-refractivity contribution is 8.18. The molecule has 0 radical (unpaired) electrons. The second-order valence-corrected chi connectivity index (χ2v) is 10.1. The summed E-state index contributed by atoms with van der Waals surface area (Å²) in [5.41, 5.74) is 7.86. The third-order valence-electron chi connectivity index (χ3n) is 6.33. The van der Waals surface area contributed by atoms with Crippen LogP contribution >= 0.6 is 11.8 Å². The standard InChI is InChI=1S/C31H29N3OS/c1-22-11-10-16-28(17-22)34-23(2)18-27(24(34)3)19-29-30(35)33(21-26-14-8-5-9-15-26)31(36-29)32-20-25-12-6-4-7-13-25/h4-19H,20-21H2,1-3H3/b29-19+,32-31?. The number of aromatic nitrogens is 1. The first-order valence-corrected chi connectivity index (χ1v) is 12.9. The lowest BCUT2D eigenvalue weighted by Gasteiger charge is -2.15. The molecular weight excluding hydrogens is 462 g/mol. The Bertz CT molecular complexity index is 1450. The molecule has 1 aliphatic heterocycles. The van der Waals surface area contributed by atoms with Crippen molar-refractivity contribution in [3.05, 3.63) is 130 Å². The Balaban J connectivity index is 1.49. The molecule has 0 spiro atoms. The second kappa shape index (κ2) is 10.4. The molecule has 0 bridgehead atoms. The van der Waals surface area contributed by atoms with E-state index in [1.807, 2.05) is 54.6 Å². The molecule has 180 valence electrons. The van der Waals surface area contributed by atoms with Crippen LogP contribution in [-0.4, -0.2) is 20.5 Å². The number of aliphatic imine (C=N–C) groups is 1. The summed E-state index contributed by atoms with van der Waals surface area (Å²) in [5.74, 6) is -0.00368. The number of rotatable bonds is 6. The van der Waals surface area contributed by atoms with Gasteiger partial charge in [-0.3, -0.25) is 14.7 Å². The van der Waals surface area contributed by atoms with Crippen molar-refractivity contribution >= 4 is 28.9 Å². The Kier molecular flexibility index (Phi) is 6.92. The summed E-state index contributed by atoms with van der Waals surface area (Å²) in [5, 5.41) is 0.742. The van der Waals surface area contributed by atoms with E-state index < -0.39 is 0 Å². The fraction of sp³-hybridized carbons (Fsp3) is 0.161. The molecule has 36 heavy (non-hydrogen) atoms. The maximum atomic E-state index is 13.6. The molecule has 1 saturated heterocycles. The monoisotopic (exact) mass is 491 g/mol. The van der Waals surface area contributed by atoms with Gasteiger partial charge in [0.15, 0.2) is 5.17 Å². The normalized spacial score (nSPS) is 15.9. The number of nitrogens with zero attached hydrogens (tertiary/aromatic N) is 3. The van der Waals surface area contributed by atoms with Crippen LogP contribution in [0.1, 0.15) is 33.6 Å². The average molecular weight is 492 g/mol. The van der Waals surface area contributed by atoms with Gasteiger partial charge >= 0.3 is 0 Å². The minimum Gasteiger partial charge on any atom is -0.318 e. The van der Waals surface area contributed by atoms with Crippen LogP contribution in [-0.2, 0) is 17.9 Å². The Morgan fingerprint density at radius 2 is 1.53 bits per heavy atom. The van der Waals surface area contributed by atoms with E-state index in [1.54, 1.807) is 4.90 Å². The lowest BCUT2D eigenvalue weighted by atomic mass is 10.2. The maximum Gasteiger partial charge on any atom is 0.267 e. The zero-order valence-electron chi connectivity index (χ0n) is 20.8. The smallest absolute Gasteiger partial charge is 0.267 e. The Morgan fingerprint density at radius 1 is 0.833 bits per heavy atom. The number of hydrogen-bond donors (Lipinski definition) is 0. The predicted molar refractivity (Wildman–Crippen MR) is 150 cm³/mol. The molecule has 5 heteroatoms. The number of carbonyl (C=O) groups is 1. The SMILES string of the molecule is Cc1cccc(-n2c(C)cc(/C=C3/SC(=NCc4ccccc4)N(Cc4ccccc4)C3=O)c2C)c1. The highest BCUT2D eigenvalue weighted by Crippen LogP contribution is 2.35. The van der Waals surface area contributed by atoms with Crippen molar-refractivity contribution in [3.8, 4) is 5.69 Å². The first kappa shape index (κ1) is 23.9. The van der Waals surface area contributed by atoms with Crippen LogP contribution in [0.3, 0.4) is 0 Å². The summed E-state index contributed by atoms with van der Waals surface area (Å²) in [6.45, 7) is 7.36. The third kappa shape index (κ3) is 5.07. The summed E-state index contributed by atoms with van der Waals surface area (Å²) in [7, 11) is 0. The summed E-state index contributed by atoms with van der Waals surface area (Å²) >= 11 is 1.46. The molecule has 4 nitrogen and oxygen atoms in total. The molecule has 1 amide bonds. The van der Waals surface area contributed by atoms with Crippen molar-refractivity contribution in [2.45, 2.75) is 33.9 Å². The van der Waals surface area contributed by atoms with Gasteiger partial charge in [0, 0.05) is 17.1 Å². The van der Waals surface area contributed by atoms with E-state index in [2.05, 4.69) is 67.8 Å². The van der Waals surface area contributed by atoms with Gasteiger partial charge in [-0.1, -0.05) is 72.8 Å². The van der Waals surface area contributed by atoms with Gasteiger partial charge in [0.2, 0.25) is 0 Å². The van der Waals surface area contributed by atoms with Crippen LogP contribution in [0.4, 0.5) is 0 Å². The van der Waals surface area contributed by atoms with Crippen LogP contribution in [0.2, 0.25) is 0 Å². The van der Waals surface area contributed by atoms with Gasteiger partial charge in [0.1, 0.15) is 0 Å². The quantitative estimate of drug-likeness (QED) is 0.270. The van der Waals surface area contributed by atoms with Gasteiger partial charge in [0.25, 0.3) is 5.91 Å². The van der Waals surface area contributed by atoms with Crippen molar-refractivity contribution in [3.63, 3.8) is 0 Å². The van der Waals surface area contributed by atoms with Crippen LogP contribution in [0.15, 0.2) is 101 Å². The molecule has 0 atom stereocenters. The number of hydrogen-bond acceptors (Lipinski definition) is 3. The van der Waals surface area contributed by atoms with Gasteiger partial charge < -0.3 is 4.57 Å². The number of benzene rings is 3. The van der Waals surface area contributed by atoms with Gasteiger partial charge in [0.05, 0.1) is 18.0 Å². The number of aryl methyl sites for hydroxylation is 2. The Labute approximate surface area is 217 Å². The molecule has 1 aromatic heterocycles. The zero-order valence-corrected chi connectivity index (χ0v) is 21.6. The van der Waals surface area contributed by atoms with Crippen LogP contribution in [0, 0.1) is 20.8 Å². The molecule has 2 heterocycles. The van der Waals surface area contributed by atoms with E-state index >= 15 is 0 Å². The van der Waals surface area contributed by atoms with Crippen molar-refractivity contribution in [2.75, 3.05) is 0 Å². The van der Waals surface area contributed by atoms with E-state index in [4.69, 9.17) is 4.99 Å². The van der Waals surface area contributed by atoms with E-state index in [-0.39, 0.29) is 5.91 Å². The molecule has 3 aromatic carbocycles. The Hall–Kier alpha value is -3.83. The topological polar surface area (TPSA) is 37.6 Å². The second-order valence-electron chi connectivity index (χ2n) is 9.07. The van der Waals surface area contributed by atoms with E-state index in [0.717, 1.165) is 38.9 Å². The largest absolute Gasteiger partial charge is 0.318 e. The summed E-state index contributed by atoms with van der Waals surface area (Å²) < 4.78 is 2.25. The summed E-state index contributed by atoms with van der Waals surface area (Å²) in [6.07, 6.45) is 2.02. The van der Waals surface area contributed by atoms with Crippen molar-refractivity contribution in [2.24, 2.45) is 4.99 Å². The van der Waals surface area contributed by atoms with Crippen molar-refractivity contribution in [1.82, 2.24) is 9.47 Å². The molecule has 5 rings (SSSR count). The lowest BCUT2D eigenvalue weighted by Crippen LogP contribution is -2.28. The maximum absolute atomic E-state index is 13.6. The molecular formula is C31H29N3OS. The first-order valence-electron chi connectivity index (χ1n) is 12.1. The van der Waals surface area contributed by atoms with E-state index in [9.17, 15) is 4.79 Å². The highest BCUT2D eigenvalue weighted by atomic mass is 32.2. The number of amidine groups is 1. The number of amides is 1. The molecule has 1 aliphatic rings. The van der Waals surface area contributed by atoms with Gasteiger partial charge in [-0.25, -0.2) is 0 Å². The predicted octanol–water partition coefficient (Wildman–Crippen LogP) is 7.08. The highest BCUT2D eigenvalue weighted by Gasteiger charge is 2.33. The van der Waals surface area contributed by atoms with Crippen LogP contribution < -0.4 is 0 Å². The molecule has 4 aromatic rings. The van der Waals surface area contributed by atoms with Gasteiger partial charge in [-0.15, -0.1) is 0 Å². The average Bonchev–Trinajstić information content (AvgIpc) is 3.33. The minimum absolute atomic E-state index is 0.00368. The first-order chi connectivity index (χ1) is 17.5. The minimum atomic E-state index is -0.00368. The van der Waals surface area contributed by atoms with E-state index in [1.165, 1.54) is 17.3 Å². The van der Waals surface area contributed by atoms with Crippen molar-refractivity contribution in [1.29, 1.82) is 0 Å². The van der Waals surface area contributed by atoms with E-state index in [0.29, 0.717) is 18.0 Å². The third-order valence-corrected chi connectivity index (χ3v) is 7.37. The van der Waals surface area contributed by atoms with Gasteiger partial charge in [-0.05, 0) is 79.1 Å². The summed E-state index contributed by atoms with van der Waals surface area (Å²) in [4.78, 5) is 21.0. The number of carbonyl (C=O) groups excluding carboxylic acids is 1. The lowest BCUT2D eigenvalue weighted by molar-refractivity contribution is -0.122. The summed E-state index contributed by atoms with van der Waals surface area (Å²) in [6, 6.07) is 30.9. The number of thioether (sulfide) groups is 1. The van der Waals surface area contributed by atoms with Crippen LogP contribution in [0.25, 0.3) is 11.8 Å². The molecule has 0 saturated carbocycles. The van der Waals surface area contributed by atoms with Gasteiger partial charge in [-0.2, -0.15) is 0 Å². The fourth-order valence-corrected chi connectivity index (χ4v) is 5.48. The van der Waals surface area contributed by atoms with Crippen LogP contribution in [0.5, 0.6) is 0 Å². The zero-order chi connectivity index (χ0) is 25.1. The molecule has 0 unspecified atom stereocenters. The Morgan fingerprint density at radius 3 is 2.22 bits per heavy atom.